The summed E-state index contributed by atoms with van der Waals surface area (Å²) in [6, 6.07) is 11.1. The minimum Gasteiger partial charge on any atom is -0.344 e. The van der Waals surface area contributed by atoms with Crippen molar-refractivity contribution in [2.24, 2.45) is 11.7 Å². The highest BCUT2D eigenvalue weighted by Gasteiger charge is 2.24. The number of carbonyl (C=O) groups excluding carboxylic acids is 1. The number of hydrogen-bond acceptors (Lipinski definition) is 4. The van der Waals surface area contributed by atoms with Gasteiger partial charge in [-0.15, -0.1) is 0 Å². The Labute approximate surface area is 152 Å². The summed E-state index contributed by atoms with van der Waals surface area (Å²) >= 11 is 0. The lowest BCUT2D eigenvalue weighted by molar-refractivity contribution is -0.132. The molecular formula is C20H34N4O. The van der Waals surface area contributed by atoms with Crippen molar-refractivity contribution < 1.29 is 4.79 Å². The maximum atomic E-state index is 12.1. The molecule has 0 spiro atoms. The summed E-state index contributed by atoms with van der Waals surface area (Å²) in [6.07, 6.45) is 5.66. The fraction of sp³-hybridized carbons (Fsp3) is 0.650. The van der Waals surface area contributed by atoms with Crippen LogP contribution in [-0.4, -0.2) is 36.5 Å². The van der Waals surface area contributed by atoms with Crippen molar-refractivity contribution >= 4 is 5.91 Å². The van der Waals surface area contributed by atoms with E-state index in [0.29, 0.717) is 12.1 Å². The number of unbranched alkanes of at least 4 members (excludes halogenated alkanes) is 2. The average Bonchev–Trinajstić information content (AvgIpc) is 3.09. The van der Waals surface area contributed by atoms with Gasteiger partial charge in [0.05, 0.1) is 6.04 Å². The molecule has 5 nitrogen and oxygen atoms in total. The van der Waals surface area contributed by atoms with Crippen LogP contribution in [-0.2, 0) is 4.79 Å². The van der Waals surface area contributed by atoms with Gasteiger partial charge in [0, 0.05) is 25.7 Å². The van der Waals surface area contributed by atoms with Crippen LogP contribution in [0.25, 0.3) is 0 Å². The molecule has 1 aliphatic rings. The molecule has 1 saturated heterocycles. The summed E-state index contributed by atoms with van der Waals surface area (Å²) in [4.78, 5) is 13.9. The Hall–Kier alpha value is -1.43. The number of rotatable bonds is 9. The van der Waals surface area contributed by atoms with Crippen LogP contribution in [0.5, 0.6) is 0 Å². The van der Waals surface area contributed by atoms with Crippen LogP contribution in [0.1, 0.15) is 57.6 Å². The highest BCUT2D eigenvalue weighted by Crippen LogP contribution is 2.24. The highest BCUT2D eigenvalue weighted by molar-refractivity contribution is 5.81. The van der Waals surface area contributed by atoms with Gasteiger partial charge in [0.25, 0.3) is 0 Å². The van der Waals surface area contributed by atoms with Crippen molar-refractivity contribution in [2.75, 3.05) is 13.6 Å². The van der Waals surface area contributed by atoms with Gasteiger partial charge in [-0.2, -0.15) is 0 Å². The van der Waals surface area contributed by atoms with E-state index in [1.54, 1.807) is 4.90 Å². The van der Waals surface area contributed by atoms with Crippen LogP contribution < -0.4 is 16.6 Å². The molecule has 2 unspecified atom stereocenters. The number of amides is 1. The second kappa shape index (κ2) is 9.90. The van der Waals surface area contributed by atoms with Crippen molar-refractivity contribution in [1.29, 1.82) is 0 Å². The summed E-state index contributed by atoms with van der Waals surface area (Å²) in [5.74, 6) is 0.246. The molecular weight excluding hydrogens is 312 g/mol. The van der Waals surface area contributed by atoms with Crippen LogP contribution in [0.4, 0.5) is 0 Å². The normalized spacial score (nSPS) is 21.5. The minimum atomic E-state index is -0.381. The first kappa shape index (κ1) is 19.9. The topological polar surface area (TPSA) is 70.4 Å². The number of hydrazine groups is 1. The summed E-state index contributed by atoms with van der Waals surface area (Å²) in [7, 11) is 1.86. The van der Waals surface area contributed by atoms with Crippen LogP contribution >= 0.6 is 0 Å². The van der Waals surface area contributed by atoms with Gasteiger partial charge >= 0.3 is 0 Å². The Morgan fingerprint density at radius 1 is 1.20 bits per heavy atom. The molecule has 0 aliphatic carbocycles. The molecule has 1 heterocycles. The van der Waals surface area contributed by atoms with Crippen molar-refractivity contribution in [3.63, 3.8) is 0 Å². The molecule has 3 atom stereocenters. The smallest absolute Gasteiger partial charge is 0.239 e. The molecule has 1 amide bonds. The van der Waals surface area contributed by atoms with Crippen LogP contribution in [0.2, 0.25) is 0 Å². The molecule has 4 N–H and O–H groups in total. The average molecular weight is 347 g/mol. The molecule has 25 heavy (non-hydrogen) atoms. The zero-order chi connectivity index (χ0) is 18.2. The van der Waals surface area contributed by atoms with Gasteiger partial charge in [-0.1, -0.05) is 57.0 Å². The molecule has 0 bridgehead atoms. The van der Waals surface area contributed by atoms with Gasteiger partial charge in [0.2, 0.25) is 5.91 Å². The monoisotopic (exact) mass is 346 g/mol. The fourth-order valence-electron chi connectivity index (χ4n) is 3.28. The zero-order valence-electron chi connectivity index (χ0n) is 15.9. The van der Waals surface area contributed by atoms with E-state index in [1.165, 1.54) is 18.4 Å². The Kier molecular flexibility index (Phi) is 7.88. The third kappa shape index (κ3) is 6.10. The van der Waals surface area contributed by atoms with Gasteiger partial charge in [-0.25, -0.2) is 0 Å². The van der Waals surface area contributed by atoms with E-state index in [4.69, 9.17) is 5.73 Å². The van der Waals surface area contributed by atoms with E-state index in [2.05, 4.69) is 41.2 Å². The minimum absolute atomic E-state index is 0.0577. The Morgan fingerprint density at radius 2 is 1.92 bits per heavy atom. The summed E-state index contributed by atoms with van der Waals surface area (Å²) in [6.45, 7) is 4.77. The van der Waals surface area contributed by atoms with E-state index >= 15 is 0 Å². The summed E-state index contributed by atoms with van der Waals surface area (Å²) in [5.41, 5.74) is 14.1. The SMILES string of the molecule is CC(C)[C@H](N)C(=O)N(C)CCCCCC1CC(c2ccccc2)NN1. The van der Waals surface area contributed by atoms with Gasteiger partial charge in [-0.05, 0) is 30.7 Å². The number of nitrogens with two attached hydrogens (primary N) is 1. The predicted octanol–water partition coefficient (Wildman–Crippen LogP) is 2.60. The lowest BCUT2D eigenvalue weighted by Gasteiger charge is -2.23. The molecule has 5 heteroatoms. The molecule has 1 fully saturated rings. The number of benzene rings is 1. The molecule has 1 aromatic carbocycles. The van der Waals surface area contributed by atoms with E-state index in [-0.39, 0.29) is 17.9 Å². The lowest BCUT2D eigenvalue weighted by atomic mass is 9.99. The number of nitrogens with one attached hydrogen (secondary N) is 2. The zero-order valence-corrected chi connectivity index (χ0v) is 15.9. The standard InChI is InChI=1S/C20H34N4O/c1-15(2)19(21)20(25)24(3)13-9-5-8-12-17-14-18(23-22-17)16-10-6-4-7-11-16/h4,6-7,10-11,15,17-19,22-23H,5,8-9,12-14,21H2,1-3H3/t17?,18?,19-/m0/s1. The summed E-state index contributed by atoms with van der Waals surface area (Å²) in [5, 5.41) is 0. The number of hydrogen-bond donors (Lipinski definition) is 3. The third-order valence-electron chi connectivity index (χ3n) is 5.11. The molecule has 0 aromatic heterocycles. The molecule has 2 rings (SSSR count). The predicted molar refractivity (Wildman–Crippen MR) is 103 cm³/mol. The third-order valence-corrected chi connectivity index (χ3v) is 5.11. The van der Waals surface area contributed by atoms with Gasteiger partial charge < -0.3 is 10.6 Å². The maximum Gasteiger partial charge on any atom is 0.239 e. The highest BCUT2D eigenvalue weighted by atomic mass is 16.2. The van der Waals surface area contributed by atoms with Gasteiger partial charge in [0.1, 0.15) is 0 Å². The van der Waals surface area contributed by atoms with Crippen LogP contribution in [0.15, 0.2) is 30.3 Å². The maximum absolute atomic E-state index is 12.1. The van der Waals surface area contributed by atoms with Crippen LogP contribution in [0, 0.1) is 5.92 Å². The molecule has 0 radical (unpaired) electrons. The first-order valence-electron chi connectivity index (χ1n) is 9.55. The lowest BCUT2D eigenvalue weighted by Crippen LogP contribution is -2.45. The quantitative estimate of drug-likeness (QED) is 0.601. The second-order valence-corrected chi connectivity index (χ2v) is 7.56. The second-order valence-electron chi connectivity index (χ2n) is 7.56. The van der Waals surface area contributed by atoms with Crippen LogP contribution in [0.3, 0.4) is 0 Å². The molecule has 1 aromatic rings. The molecule has 0 saturated carbocycles. The Morgan fingerprint density at radius 3 is 2.60 bits per heavy atom. The first-order valence-corrected chi connectivity index (χ1v) is 9.55. The largest absolute Gasteiger partial charge is 0.344 e. The van der Waals surface area contributed by atoms with Crippen molar-refractivity contribution in [3.05, 3.63) is 35.9 Å². The van der Waals surface area contributed by atoms with E-state index in [1.807, 2.05) is 20.9 Å². The number of nitrogens with zero attached hydrogens (tertiary/aromatic N) is 1. The molecule has 1 aliphatic heterocycles. The Bertz CT molecular complexity index is 520. The van der Waals surface area contributed by atoms with Gasteiger partial charge in [-0.3, -0.25) is 15.6 Å². The van der Waals surface area contributed by atoms with E-state index in [0.717, 1.165) is 25.8 Å². The molecule has 140 valence electrons. The number of carbonyl (C=O) groups is 1. The van der Waals surface area contributed by atoms with Crippen molar-refractivity contribution in [2.45, 2.75) is 64.1 Å². The Balaban J connectivity index is 1.59. The first-order chi connectivity index (χ1) is 12.0. The summed E-state index contributed by atoms with van der Waals surface area (Å²) < 4.78 is 0. The van der Waals surface area contributed by atoms with E-state index < -0.39 is 0 Å². The fourth-order valence-corrected chi connectivity index (χ4v) is 3.28. The number of likely N-dealkylation sites (N-methyl/N-ethyl adjacent to an activating group) is 1. The van der Waals surface area contributed by atoms with E-state index in [9.17, 15) is 4.79 Å². The van der Waals surface area contributed by atoms with Crippen molar-refractivity contribution in [3.8, 4) is 0 Å². The van der Waals surface area contributed by atoms with Gasteiger partial charge in [0.15, 0.2) is 0 Å². The van der Waals surface area contributed by atoms with Crippen molar-refractivity contribution in [1.82, 2.24) is 15.8 Å².